The van der Waals surface area contributed by atoms with Gasteiger partial charge in [-0.05, 0) is 17.7 Å². The highest BCUT2D eigenvalue weighted by Gasteiger charge is 2.29. The van der Waals surface area contributed by atoms with Crippen LogP contribution < -0.4 is 4.74 Å². The van der Waals surface area contributed by atoms with E-state index in [0.717, 1.165) is 0 Å². The molecule has 0 bridgehead atoms. The molecule has 0 aliphatic rings. The van der Waals surface area contributed by atoms with Gasteiger partial charge >= 0.3 is 12.2 Å². The summed E-state index contributed by atoms with van der Waals surface area (Å²) in [5.74, 6) is 0.659. The molecule has 7 heteroatoms. The van der Waals surface area contributed by atoms with Gasteiger partial charge in [0, 0.05) is 5.92 Å². The molecule has 1 heterocycles. The van der Waals surface area contributed by atoms with Crippen LogP contribution in [0.4, 0.5) is 13.2 Å². The average molecular weight is 294 g/mol. The lowest BCUT2D eigenvalue weighted by molar-refractivity contribution is -0.154. The van der Waals surface area contributed by atoms with Gasteiger partial charge in [0.25, 0.3) is 0 Å². The van der Waals surface area contributed by atoms with Crippen LogP contribution >= 0.6 is 12.6 Å². The van der Waals surface area contributed by atoms with E-state index in [9.17, 15) is 13.2 Å². The molecule has 0 radical (unpaired) electrons. The highest BCUT2D eigenvalue weighted by atomic mass is 32.1. The lowest BCUT2D eigenvalue weighted by Gasteiger charge is -2.14. The number of nitrogens with zero attached hydrogens (tertiary/aromatic N) is 2. The van der Waals surface area contributed by atoms with E-state index in [4.69, 9.17) is 0 Å². The maximum Gasteiger partial charge on any atom is 0.422 e. The van der Waals surface area contributed by atoms with Crippen molar-refractivity contribution >= 4 is 12.6 Å². The molecule has 0 spiro atoms. The van der Waals surface area contributed by atoms with Gasteiger partial charge in [0.1, 0.15) is 0 Å². The molecule has 0 N–H and O–H groups in total. The van der Waals surface area contributed by atoms with Crippen LogP contribution in [0, 0.1) is 0 Å². The van der Waals surface area contributed by atoms with Crippen molar-refractivity contribution in [2.24, 2.45) is 0 Å². The molecule has 0 saturated heterocycles. The Bertz CT molecular complexity index is 424. The summed E-state index contributed by atoms with van der Waals surface area (Å²) >= 11 is 4.16. The van der Waals surface area contributed by atoms with Gasteiger partial charge in [-0.2, -0.15) is 35.8 Å². The summed E-state index contributed by atoms with van der Waals surface area (Å²) in [5, 5.41) is 0. The lowest BCUT2D eigenvalue weighted by Crippen LogP contribution is -2.21. The molecule has 1 atom stereocenters. The van der Waals surface area contributed by atoms with Crippen molar-refractivity contribution in [3.63, 3.8) is 0 Å². The first-order valence-corrected chi connectivity index (χ1v) is 6.55. The molecular weight excluding hydrogens is 277 g/mol. The van der Waals surface area contributed by atoms with Gasteiger partial charge < -0.3 is 4.74 Å². The van der Waals surface area contributed by atoms with Gasteiger partial charge in [-0.1, -0.05) is 20.8 Å². The van der Waals surface area contributed by atoms with Gasteiger partial charge in [-0.15, -0.1) is 0 Å². The molecule has 1 rings (SSSR count). The van der Waals surface area contributed by atoms with Gasteiger partial charge in [0.05, 0.1) is 11.4 Å². The number of hydrogen-bond acceptors (Lipinski definition) is 4. The molecular formula is C12H17F3N2OS. The van der Waals surface area contributed by atoms with Crippen LogP contribution in [0.1, 0.15) is 44.0 Å². The van der Waals surface area contributed by atoms with Gasteiger partial charge in [0.15, 0.2) is 6.61 Å². The quantitative estimate of drug-likeness (QED) is 0.843. The molecule has 0 amide bonds. The first-order chi connectivity index (χ1) is 8.73. The van der Waals surface area contributed by atoms with Crippen molar-refractivity contribution in [3.8, 4) is 6.01 Å². The second kappa shape index (κ2) is 6.45. The number of halogens is 3. The molecule has 1 aromatic heterocycles. The Labute approximate surface area is 116 Å². The average Bonchev–Trinajstić information content (AvgIpc) is 2.34. The molecule has 3 nitrogen and oxygen atoms in total. The van der Waals surface area contributed by atoms with Crippen molar-refractivity contribution < 1.29 is 17.9 Å². The minimum atomic E-state index is -4.40. The summed E-state index contributed by atoms with van der Waals surface area (Å²) in [4.78, 5) is 8.00. The summed E-state index contributed by atoms with van der Waals surface area (Å²) in [7, 11) is 0. The summed E-state index contributed by atoms with van der Waals surface area (Å²) in [6, 6.07) is 1.55. The highest BCUT2D eigenvalue weighted by molar-refractivity contribution is 7.80. The SMILES string of the molecule is CC(C)c1cc(C(C)CS)nc(OCC(F)(F)F)n1. The van der Waals surface area contributed by atoms with E-state index in [0.29, 0.717) is 17.1 Å². The van der Waals surface area contributed by atoms with Crippen molar-refractivity contribution in [2.75, 3.05) is 12.4 Å². The highest BCUT2D eigenvalue weighted by Crippen LogP contribution is 2.23. The molecule has 108 valence electrons. The van der Waals surface area contributed by atoms with Crippen molar-refractivity contribution in [1.29, 1.82) is 0 Å². The van der Waals surface area contributed by atoms with Gasteiger partial charge in [-0.25, -0.2) is 0 Å². The summed E-state index contributed by atoms with van der Waals surface area (Å²) in [6.45, 7) is 4.33. The second-order valence-electron chi connectivity index (χ2n) is 4.64. The van der Waals surface area contributed by atoms with Gasteiger partial charge in [-0.3, -0.25) is 0 Å². The fraction of sp³-hybridized carbons (Fsp3) is 0.667. The van der Waals surface area contributed by atoms with E-state index in [1.807, 2.05) is 20.8 Å². The molecule has 1 unspecified atom stereocenters. The van der Waals surface area contributed by atoms with Crippen LogP contribution in [0.5, 0.6) is 6.01 Å². The summed E-state index contributed by atoms with van der Waals surface area (Å²) < 4.78 is 41.0. The van der Waals surface area contributed by atoms with E-state index in [1.165, 1.54) is 0 Å². The summed E-state index contributed by atoms with van der Waals surface area (Å²) in [6.07, 6.45) is -4.40. The third kappa shape index (κ3) is 5.26. The first kappa shape index (κ1) is 16.1. The molecule has 0 aliphatic heterocycles. The van der Waals surface area contributed by atoms with Crippen LogP contribution in [-0.4, -0.2) is 28.5 Å². The maximum absolute atomic E-state index is 12.1. The Hall–Kier alpha value is -0.980. The Morgan fingerprint density at radius 2 is 1.79 bits per heavy atom. The monoisotopic (exact) mass is 294 g/mol. The zero-order chi connectivity index (χ0) is 14.6. The van der Waals surface area contributed by atoms with Crippen molar-refractivity contribution in [2.45, 2.75) is 38.8 Å². The zero-order valence-electron chi connectivity index (χ0n) is 11.0. The second-order valence-corrected chi connectivity index (χ2v) is 5.01. The Balaban J connectivity index is 2.99. The van der Waals surface area contributed by atoms with Crippen LogP contribution in [0.25, 0.3) is 0 Å². The Morgan fingerprint density at radius 1 is 1.21 bits per heavy atom. The van der Waals surface area contributed by atoms with E-state index in [-0.39, 0.29) is 17.8 Å². The van der Waals surface area contributed by atoms with E-state index < -0.39 is 12.8 Å². The molecule has 0 saturated carbocycles. The molecule has 0 aromatic carbocycles. The smallest absolute Gasteiger partial charge is 0.422 e. The largest absolute Gasteiger partial charge is 0.454 e. The molecule has 0 aliphatic carbocycles. The topological polar surface area (TPSA) is 35.0 Å². The number of thiol groups is 1. The molecule has 19 heavy (non-hydrogen) atoms. The third-order valence-corrected chi connectivity index (χ3v) is 3.03. The van der Waals surface area contributed by atoms with Gasteiger partial charge in [0.2, 0.25) is 0 Å². The molecule has 0 fully saturated rings. The number of aromatic nitrogens is 2. The number of hydrogen-bond donors (Lipinski definition) is 1. The predicted octanol–water partition coefficient (Wildman–Crippen LogP) is 3.57. The fourth-order valence-electron chi connectivity index (χ4n) is 1.31. The minimum absolute atomic E-state index is 0.0251. The van der Waals surface area contributed by atoms with Crippen LogP contribution in [0.3, 0.4) is 0 Å². The minimum Gasteiger partial charge on any atom is -0.454 e. The summed E-state index contributed by atoms with van der Waals surface area (Å²) in [5.41, 5.74) is 1.31. The fourth-order valence-corrected chi connectivity index (χ4v) is 1.50. The zero-order valence-corrected chi connectivity index (χ0v) is 11.9. The van der Waals surface area contributed by atoms with E-state index in [2.05, 4.69) is 27.3 Å². The van der Waals surface area contributed by atoms with E-state index in [1.54, 1.807) is 6.07 Å². The first-order valence-electron chi connectivity index (χ1n) is 5.92. The number of alkyl halides is 3. The number of rotatable bonds is 5. The Kier molecular flexibility index (Phi) is 5.46. The van der Waals surface area contributed by atoms with Crippen LogP contribution in [0.15, 0.2) is 6.07 Å². The van der Waals surface area contributed by atoms with Crippen LogP contribution in [0.2, 0.25) is 0 Å². The maximum atomic E-state index is 12.1. The van der Waals surface area contributed by atoms with Crippen LogP contribution in [-0.2, 0) is 0 Å². The van der Waals surface area contributed by atoms with E-state index >= 15 is 0 Å². The van der Waals surface area contributed by atoms with Crippen molar-refractivity contribution in [3.05, 3.63) is 17.5 Å². The Morgan fingerprint density at radius 3 is 2.26 bits per heavy atom. The normalized spacial score (nSPS) is 13.7. The van der Waals surface area contributed by atoms with Crippen molar-refractivity contribution in [1.82, 2.24) is 9.97 Å². The standard InChI is InChI=1S/C12H17F3N2OS/c1-7(2)9-4-10(8(3)5-19)17-11(16-9)18-6-12(13,14)15/h4,7-8,19H,5-6H2,1-3H3. The predicted molar refractivity (Wildman–Crippen MR) is 69.9 cm³/mol. The number of ether oxygens (including phenoxy) is 1. The molecule has 1 aromatic rings. The lowest BCUT2D eigenvalue weighted by atomic mass is 10.1. The third-order valence-electron chi connectivity index (χ3n) is 2.48.